The molecule has 0 aromatic heterocycles. The smallest absolute Gasteiger partial charge is 0.306 e. The summed E-state index contributed by atoms with van der Waals surface area (Å²) in [5.41, 5.74) is 0. The summed E-state index contributed by atoms with van der Waals surface area (Å²) in [5.74, 6) is -0.451. The zero-order valence-corrected chi connectivity index (χ0v) is 38.6. The van der Waals surface area contributed by atoms with E-state index in [9.17, 15) is 9.59 Å². The number of esters is 2. The molecule has 0 N–H and O–H groups in total. The van der Waals surface area contributed by atoms with E-state index in [1.165, 1.54) is 122 Å². The molecule has 5 heteroatoms. The lowest BCUT2D eigenvalue weighted by atomic mass is 10.0. The SMILES string of the molecule is CC/C=C\C/C=C\C/C=C\C/C=C\CCCCC(=O)O[C@H](COCCCCCCCCCCCCCCCCCC)COC(=O)CCCCCCC/C=C\CCCC. The molecule has 0 radical (unpaired) electrons. The predicted molar refractivity (Wildman–Crippen MR) is 251 cm³/mol. The number of allylic oxidation sites excluding steroid dienone is 10. The molecule has 0 saturated carbocycles. The van der Waals surface area contributed by atoms with Crippen molar-refractivity contribution < 1.29 is 23.8 Å². The zero-order valence-electron chi connectivity index (χ0n) is 38.6. The Hall–Kier alpha value is -2.40. The van der Waals surface area contributed by atoms with Crippen LogP contribution in [0.1, 0.15) is 239 Å². The van der Waals surface area contributed by atoms with Crippen LogP contribution in [0.15, 0.2) is 60.8 Å². The van der Waals surface area contributed by atoms with Crippen LogP contribution in [0.25, 0.3) is 0 Å². The second kappa shape index (κ2) is 49.0. The van der Waals surface area contributed by atoms with Crippen molar-refractivity contribution in [2.45, 2.75) is 245 Å². The van der Waals surface area contributed by atoms with E-state index in [-0.39, 0.29) is 25.2 Å². The van der Waals surface area contributed by atoms with E-state index in [0.717, 1.165) is 83.5 Å². The fourth-order valence-corrected chi connectivity index (χ4v) is 6.83. The van der Waals surface area contributed by atoms with Crippen molar-refractivity contribution in [2.24, 2.45) is 0 Å². The van der Waals surface area contributed by atoms with Gasteiger partial charge in [0.2, 0.25) is 0 Å². The van der Waals surface area contributed by atoms with Crippen LogP contribution in [0.5, 0.6) is 0 Å². The summed E-state index contributed by atoms with van der Waals surface area (Å²) in [5, 5.41) is 0. The molecule has 0 bridgehead atoms. The molecular formula is C53H94O5. The van der Waals surface area contributed by atoms with Crippen molar-refractivity contribution in [3.05, 3.63) is 60.8 Å². The first kappa shape index (κ1) is 55.6. The zero-order chi connectivity index (χ0) is 42.1. The van der Waals surface area contributed by atoms with Gasteiger partial charge in [-0.15, -0.1) is 0 Å². The molecule has 0 aliphatic rings. The first-order valence-corrected chi connectivity index (χ1v) is 24.8. The molecule has 0 fully saturated rings. The van der Waals surface area contributed by atoms with Crippen LogP contribution in [0.4, 0.5) is 0 Å². The van der Waals surface area contributed by atoms with E-state index in [1.54, 1.807) is 0 Å². The van der Waals surface area contributed by atoms with Gasteiger partial charge in [0, 0.05) is 19.4 Å². The highest BCUT2D eigenvalue weighted by molar-refractivity contribution is 5.70. The van der Waals surface area contributed by atoms with Gasteiger partial charge < -0.3 is 14.2 Å². The van der Waals surface area contributed by atoms with Gasteiger partial charge in [-0.05, 0) is 77.0 Å². The second-order valence-corrected chi connectivity index (χ2v) is 16.3. The minimum absolute atomic E-state index is 0.0653. The lowest BCUT2D eigenvalue weighted by Gasteiger charge is -2.18. The molecule has 0 heterocycles. The largest absolute Gasteiger partial charge is 0.462 e. The quantitative estimate of drug-likeness (QED) is 0.0348. The highest BCUT2D eigenvalue weighted by atomic mass is 16.6. The summed E-state index contributed by atoms with van der Waals surface area (Å²) >= 11 is 0. The Balaban J connectivity index is 4.31. The molecule has 0 rings (SSSR count). The Kier molecular flexibility index (Phi) is 46.9. The van der Waals surface area contributed by atoms with Crippen molar-refractivity contribution in [2.75, 3.05) is 19.8 Å². The van der Waals surface area contributed by atoms with Gasteiger partial charge in [-0.3, -0.25) is 9.59 Å². The van der Waals surface area contributed by atoms with Crippen molar-refractivity contribution in [1.82, 2.24) is 0 Å². The van der Waals surface area contributed by atoms with Crippen LogP contribution in [0, 0.1) is 0 Å². The van der Waals surface area contributed by atoms with Crippen LogP contribution in [-0.2, 0) is 23.8 Å². The number of carbonyl (C=O) groups excluding carboxylic acids is 2. The van der Waals surface area contributed by atoms with Gasteiger partial charge in [-0.1, -0.05) is 210 Å². The molecule has 0 aromatic carbocycles. The van der Waals surface area contributed by atoms with Crippen LogP contribution in [0.3, 0.4) is 0 Å². The molecule has 0 spiro atoms. The Morgan fingerprint density at radius 1 is 0.397 bits per heavy atom. The van der Waals surface area contributed by atoms with Crippen molar-refractivity contribution >= 4 is 11.9 Å². The molecule has 336 valence electrons. The fraction of sp³-hybridized carbons (Fsp3) is 0.774. The minimum Gasteiger partial charge on any atom is -0.462 e. The number of rotatable bonds is 45. The third-order valence-electron chi connectivity index (χ3n) is 10.5. The van der Waals surface area contributed by atoms with Gasteiger partial charge >= 0.3 is 11.9 Å². The molecule has 0 aromatic rings. The van der Waals surface area contributed by atoms with Gasteiger partial charge in [0.05, 0.1) is 6.61 Å². The summed E-state index contributed by atoms with van der Waals surface area (Å²) in [4.78, 5) is 25.3. The lowest BCUT2D eigenvalue weighted by Crippen LogP contribution is -2.30. The third-order valence-corrected chi connectivity index (χ3v) is 10.5. The van der Waals surface area contributed by atoms with Gasteiger partial charge in [0.15, 0.2) is 6.10 Å². The molecule has 58 heavy (non-hydrogen) atoms. The maximum absolute atomic E-state index is 12.7. The van der Waals surface area contributed by atoms with Gasteiger partial charge in [0.25, 0.3) is 0 Å². The summed E-state index contributed by atoms with van der Waals surface area (Å²) < 4.78 is 17.3. The number of carbonyl (C=O) groups is 2. The maximum atomic E-state index is 12.7. The van der Waals surface area contributed by atoms with E-state index in [4.69, 9.17) is 14.2 Å². The minimum atomic E-state index is -0.558. The van der Waals surface area contributed by atoms with E-state index in [1.807, 2.05) is 0 Å². The second-order valence-electron chi connectivity index (χ2n) is 16.3. The Morgan fingerprint density at radius 3 is 1.34 bits per heavy atom. The van der Waals surface area contributed by atoms with E-state index in [0.29, 0.717) is 19.4 Å². The molecule has 1 atom stereocenters. The summed E-state index contributed by atoms with van der Waals surface area (Å²) in [6.07, 6.45) is 60.9. The number of hydrogen-bond acceptors (Lipinski definition) is 5. The molecule has 0 saturated heterocycles. The average Bonchev–Trinajstić information content (AvgIpc) is 3.22. The van der Waals surface area contributed by atoms with Gasteiger partial charge in [0.1, 0.15) is 6.61 Å². The third kappa shape index (κ3) is 46.3. The van der Waals surface area contributed by atoms with Crippen molar-refractivity contribution in [3.8, 4) is 0 Å². The highest BCUT2D eigenvalue weighted by Crippen LogP contribution is 2.15. The number of ether oxygens (including phenoxy) is 3. The Morgan fingerprint density at radius 2 is 0.793 bits per heavy atom. The van der Waals surface area contributed by atoms with Crippen LogP contribution in [-0.4, -0.2) is 37.9 Å². The average molecular weight is 811 g/mol. The first-order valence-electron chi connectivity index (χ1n) is 24.8. The molecule has 0 aliphatic carbocycles. The van der Waals surface area contributed by atoms with Crippen LogP contribution < -0.4 is 0 Å². The van der Waals surface area contributed by atoms with Crippen molar-refractivity contribution in [3.63, 3.8) is 0 Å². The summed E-state index contributed by atoms with van der Waals surface area (Å²) in [6.45, 7) is 7.64. The normalized spacial score (nSPS) is 12.7. The number of hydrogen-bond donors (Lipinski definition) is 0. The molecular weight excluding hydrogens is 717 g/mol. The summed E-state index contributed by atoms with van der Waals surface area (Å²) in [7, 11) is 0. The van der Waals surface area contributed by atoms with E-state index < -0.39 is 6.10 Å². The van der Waals surface area contributed by atoms with E-state index in [2.05, 4.69) is 81.5 Å². The van der Waals surface area contributed by atoms with Crippen LogP contribution >= 0.6 is 0 Å². The van der Waals surface area contributed by atoms with Gasteiger partial charge in [-0.2, -0.15) is 0 Å². The van der Waals surface area contributed by atoms with Crippen molar-refractivity contribution in [1.29, 1.82) is 0 Å². The monoisotopic (exact) mass is 811 g/mol. The first-order chi connectivity index (χ1) is 28.6. The number of unbranched alkanes of at least 4 members (excludes halogenated alkanes) is 24. The Bertz CT molecular complexity index is 1010. The molecule has 0 unspecified atom stereocenters. The predicted octanol–water partition coefficient (Wildman–Crippen LogP) is 16.6. The maximum Gasteiger partial charge on any atom is 0.306 e. The highest BCUT2D eigenvalue weighted by Gasteiger charge is 2.17. The molecule has 0 aliphatic heterocycles. The topological polar surface area (TPSA) is 61.8 Å². The Labute approximate surface area is 360 Å². The summed E-state index contributed by atoms with van der Waals surface area (Å²) in [6, 6.07) is 0. The standard InChI is InChI=1S/C53H94O5/c1-4-7-10-13-16-19-22-24-26-28-30-33-36-39-42-45-48-56-49-51(50-57-52(54)46-43-40-37-34-31-21-18-15-12-9-6-3)58-53(55)47-44-41-38-35-32-29-27-25-23-20-17-14-11-8-5-2/h8,11,15,17-18,20,25,27,32,35,51H,4-7,9-10,12-14,16,19,21-24,26,28-31,33-34,36-50H2,1-3H3/b11-8-,18-15-,20-17-,27-25-,35-32-/t51-/m1/s1. The molecule has 0 amide bonds. The van der Waals surface area contributed by atoms with Crippen LogP contribution in [0.2, 0.25) is 0 Å². The lowest BCUT2D eigenvalue weighted by molar-refractivity contribution is -0.163. The van der Waals surface area contributed by atoms with Gasteiger partial charge in [-0.25, -0.2) is 0 Å². The van der Waals surface area contributed by atoms with E-state index >= 15 is 0 Å². The fourth-order valence-electron chi connectivity index (χ4n) is 6.83. The molecule has 5 nitrogen and oxygen atoms in total.